The van der Waals surface area contributed by atoms with Gasteiger partial charge in [-0.25, -0.2) is 0 Å². The van der Waals surface area contributed by atoms with Crippen LogP contribution in [0.25, 0.3) is 0 Å². The Morgan fingerprint density at radius 2 is 1.85 bits per heavy atom. The Balaban J connectivity index is 2.35. The molecule has 0 radical (unpaired) electrons. The Labute approximate surface area is 93.6 Å². The summed E-state index contributed by atoms with van der Waals surface area (Å²) in [7, 11) is 3.89. The van der Waals surface area contributed by atoms with Crippen LogP contribution in [0.4, 0.5) is 0 Å². The number of rotatable bonds is 1. The third-order valence-corrected chi connectivity index (χ3v) is 4.41. The first kappa shape index (κ1) is 11.5. The molecule has 0 spiro atoms. The molecule has 0 aromatic heterocycles. The average molecular weight is 236 g/mol. The molecule has 0 atom stereocenters. The number of hydrogen-bond acceptors (Lipinski definition) is 3. The van der Waals surface area contributed by atoms with Gasteiger partial charge in [0.15, 0.2) is 5.11 Å². The average Bonchev–Trinajstić information content (AvgIpc) is 2.29. The molecule has 0 aromatic carbocycles. The van der Waals surface area contributed by atoms with Crippen LogP contribution in [0.15, 0.2) is 0 Å². The van der Waals surface area contributed by atoms with Crippen molar-refractivity contribution >= 4 is 38.9 Å². The molecule has 13 heavy (non-hydrogen) atoms. The molecule has 0 unspecified atom stereocenters. The standard InChI is InChI=1S/C8H16N2S3/c1-7(2)9-8(11)10-3-5-12-13-6-4-10/h7H,3-6H2,1-2H3,(H,9,11). The minimum absolute atomic E-state index is 0.441. The van der Waals surface area contributed by atoms with Crippen LogP contribution in [0.2, 0.25) is 0 Å². The van der Waals surface area contributed by atoms with Gasteiger partial charge in [-0.2, -0.15) is 0 Å². The molecule has 1 rings (SSSR count). The molecule has 76 valence electrons. The maximum absolute atomic E-state index is 5.31. The molecule has 1 aliphatic heterocycles. The number of nitrogens with zero attached hydrogens (tertiary/aromatic N) is 1. The summed E-state index contributed by atoms with van der Waals surface area (Å²) >= 11 is 5.31. The molecular weight excluding hydrogens is 220 g/mol. The smallest absolute Gasteiger partial charge is 0.169 e. The third-order valence-electron chi connectivity index (χ3n) is 1.67. The summed E-state index contributed by atoms with van der Waals surface area (Å²) in [6, 6.07) is 0.441. The van der Waals surface area contributed by atoms with Gasteiger partial charge in [-0.15, -0.1) is 0 Å². The second kappa shape index (κ2) is 5.98. The topological polar surface area (TPSA) is 15.3 Å². The van der Waals surface area contributed by atoms with Gasteiger partial charge in [0.25, 0.3) is 0 Å². The van der Waals surface area contributed by atoms with Gasteiger partial charge in [0.1, 0.15) is 0 Å². The number of nitrogens with one attached hydrogen (secondary N) is 1. The first-order valence-corrected chi connectivity index (χ1v) is 7.39. The summed E-state index contributed by atoms with van der Waals surface area (Å²) < 4.78 is 0. The third kappa shape index (κ3) is 4.42. The van der Waals surface area contributed by atoms with E-state index >= 15 is 0 Å². The lowest BCUT2D eigenvalue weighted by atomic mass is 10.4. The number of hydrogen-bond donors (Lipinski definition) is 1. The maximum Gasteiger partial charge on any atom is 0.169 e. The Bertz CT molecular complexity index is 165. The van der Waals surface area contributed by atoms with Crippen LogP contribution >= 0.6 is 33.8 Å². The molecule has 0 aromatic rings. The summed E-state index contributed by atoms with van der Waals surface area (Å²) in [6.45, 7) is 6.40. The lowest BCUT2D eigenvalue weighted by Gasteiger charge is -2.24. The van der Waals surface area contributed by atoms with Gasteiger partial charge < -0.3 is 10.2 Å². The molecule has 1 fully saturated rings. The van der Waals surface area contributed by atoms with E-state index in [9.17, 15) is 0 Å². The van der Waals surface area contributed by atoms with Crippen molar-refractivity contribution in [2.45, 2.75) is 19.9 Å². The number of thiocarbonyl (C=S) groups is 1. The highest BCUT2D eigenvalue weighted by atomic mass is 33.1. The van der Waals surface area contributed by atoms with Gasteiger partial charge in [-0.3, -0.25) is 0 Å². The summed E-state index contributed by atoms with van der Waals surface area (Å²) in [5, 5.41) is 4.19. The summed E-state index contributed by atoms with van der Waals surface area (Å²) in [5.74, 6) is 2.34. The van der Waals surface area contributed by atoms with Crippen molar-refractivity contribution in [2.75, 3.05) is 24.6 Å². The second-order valence-electron chi connectivity index (χ2n) is 3.24. The molecule has 0 amide bonds. The molecule has 0 saturated carbocycles. The van der Waals surface area contributed by atoms with Crippen LogP contribution < -0.4 is 5.32 Å². The van der Waals surface area contributed by atoms with E-state index in [2.05, 4.69) is 24.1 Å². The molecule has 0 bridgehead atoms. The van der Waals surface area contributed by atoms with Crippen LogP contribution in [-0.2, 0) is 0 Å². The molecular formula is C8H16N2S3. The Kier molecular flexibility index (Phi) is 5.28. The van der Waals surface area contributed by atoms with Crippen LogP contribution in [0.1, 0.15) is 13.8 Å². The van der Waals surface area contributed by atoms with E-state index < -0.39 is 0 Å². The van der Waals surface area contributed by atoms with Crippen molar-refractivity contribution in [3.05, 3.63) is 0 Å². The maximum atomic E-state index is 5.31. The fourth-order valence-electron chi connectivity index (χ4n) is 1.07. The monoisotopic (exact) mass is 236 g/mol. The largest absolute Gasteiger partial charge is 0.360 e. The van der Waals surface area contributed by atoms with E-state index in [-0.39, 0.29) is 0 Å². The zero-order chi connectivity index (χ0) is 9.68. The van der Waals surface area contributed by atoms with Crippen LogP contribution in [-0.4, -0.2) is 40.6 Å². The van der Waals surface area contributed by atoms with Crippen LogP contribution in [0.5, 0.6) is 0 Å². The van der Waals surface area contributed by atoms with E-state index in [0.717, 1.165) is 18.2 Å². The van der Waals surface area contributed by atoms with Crippen molar-refractivity contribution < 1.29 is 0 Å². The van der Waals surface area contributed by atoms with Gasteiger partial charge in [0, 0.05) is 30.6 Å². The SMILES string of the molecule is CC(C)NC(=S)N1CCSSCC1. The first-order chi connectivity index (χ1) is 6.20. The highest BCUT2D eigenvalue weighted by Gasteiger charge is 2.12. The first-order valence-electron chi connectivity index (χ1n) is 4.50. The molecule has 0 aliphatic carbocycles. The second-order valence-corrected chi connectivity index (χ2v) is 6.32. The molecule has 2 nitrogen and oxygen atoms in total. The molecule has 1 heterocycles. The fraction of sp³-hybridized carbons (Fsp3) is 0.875. The Morgan fingerprint density at radius 3 is 2.31 bits per heavy atom. The van der Waals surface area contributed by atoms with Crippen molar-refractivity contribution in [2.24, 2.45) is 0 Å². The molecule has 5 heteroatoms. The Morgan fingerprint density at radius 1 is 1.31 bits per heavy atom. The van der Waals surface area contributed by atoms with E-state index in [0.29, 0.717) is 6.04 Å². The highest BCUT2D eigenvalue weighted by molar-refractivity contribution is 8.76. The zero-order valence-corrected chi connectivity index (χ0v) is 10.5. The normalized spacial score (nSPS) is 18.5. The fourth-order valence-corrected chi connectivity index (χ4v) is 3.46. The van der Waals surface area contributed by atoms with Crippen molar-refractivity contribution in [3.8, 4) is 0 Å². The Hall–Kier alpha value is 0.390. The lowest BCUT2D eigenvalue weighted by Crippen LogP contribution is -2.44. The zero-order valence-electron chi connectivity index (χ0n) is 8.08. The molecule has 1 aliphatic rings. The quantitative estimate of drug-likeness (QED) is 0.551. The highest BCUT2D eigenvalue weighted by Crippen LogP contribution is 2.23. The van der Waals surface area contributed by atoms with Gasteiger partial charge in [-0.1, -0.05) is 21.6 Å². The van der Waals surface area contributed by atoms with Crippen LogP contribution in [0, 0.1) is 0 Å². The lowest BCUT2D eigenvalue weighted by molar-refractivity contribution is 0.458. The van der Waals surface area contributed by atoms with Gasteiger partial charge in [0.05, 0.1) is 0 Å². The predicted molar refractivity (Wildman–Crippen MR) is 67.4 cm³/mol. The minimum atomic E-state index is 0.441. The summed E-state index contributed by atoms with van der Waals surface area (Å²) in [4.78, 5) is 2.27. The van der Waals surface area contributed by atoms with Crippen molar-refractivity contribution in [1.29, 1.82) is 0 Å². The predicted octanol–water partition coefficient (Wildman–Crippen LogP) is 1.97. The van der Waals surface area contributed by atoms with E-state index in [1.54, 1.807) is 0 Å². The molecule has 1 N–H and O–H groups in total. The van der Waals surface area contributed by atoms with Gasteiger partial charge >= 0.3 is 0 Å². The van der Waals surface area contributed by atoms with Crippen molar-refractivity contribution in [3.63, 3.8) is 0 Å². The van der Waals surface area contributed by atoms with E-state index in [1.807, 2.05) is 21.6 Å². The molecule has 1 saturated heterocycles. The van der Waals surface area contributed by atoms with Gasteiger partial charge in [0.2, 0.25) is 0 Å². The summed E-state index contributed by atoms with van der Waals surface area (Å²) in [5.41, 5.74) is 0. The minimum Gasteiger partial charge on any atom is -0.360 e. The van der Waals surface area contributed by atoms with E-state index in [4.69, 9.17) is 12.2 Å². The van der Waals surface area contributed by atoms with Gasteiger partial charge in [-0.05, 0) is 26.1 Å². The van der Waals surface area contributed by atoms with Crippen molar-refractivity contribution in [1.82, 2.24) is 10.2 Å². The van der Waals surface area contributed by atoms with Crippen LogP contribution in [0.3, 0.4) is 0 Å². The van der Waals surface area contributed by atoms with E-state index in [1.165, 1.54) is 11.5 Å². The summed E-state index contributed by atoms with van der Waals surface area (Å²) in [6.07, 6.45) is 0.